The Morgan fingerprint density at radius 3 is 2.48 bits per heavy atom. The molecular weight excluding hydrogens is 329 g/mol. The smallest absolute Gasteiger partial charge is 0.245 e. The van der Waals surface area contributed by atoms with Crippen molar-refractivity contribution in [1.82, 2.24) is 10.1 Å². The largest absolute Gasteiger partial charge is 0.433 e. The standard InChI is InChI=1S/C14H15F3N4OS/c1-13(2,3)23(22)19-8-10-6-7-21(20-10)11-4-5-12(18-9-11)14(15,16)17/h4-9H,1-3H3/p+1/t23-/m1/s1. The molecule has 0 saturated heterocycles. The van der Waals surface area contributed by atoms with Gasteiger partial charge in [0.05, 0.1) is 11.0 Å². The summed E-state index contributed by atoms with van der Waals surface area (Å²) < 4.78 is 54.2. The molecule has 0 saturated carbocycles. The highest BCUT2D eigenvalue weighted by Crippen LogP contribution is 2.27. The third kappa shape index (κ3) is 4.47. The minimum absolute atomic E-state index is 0.439. The fraction of sp³-hybridized carbons (Fsp3) is 0.357. The molecular formula is C14H16F3N4OS+. The van der Waals surface area contributed by atoms with Crippen LogP contribution in [0.3, 0.4) is 0 Å². The van der Waals surface area contributed by atoms with E-state index in [4.69, 9.17) is 0 Å². The quantitative estimate of drug-likeness (QED) is 0.686. The Morgan fingerprint density at radius 1 is 1.26 bits per heavy atom. The molecule has 2 aromatic rings. The Hall–Kier alpha value is -2.03. The second kappa shape index (κ2) is 6.23. The van der Waals surface area contributed by atoms with Gasteiger partial charge in [0.25, 0.3) is 5.69 Å². The van der Waals surface area contributed by atoms with Gasteiger partial charge in [0.2, 0.25) is 6.20 Å². The number of H-pyrrole nitrogens is 1. The van der Waals surface area contributed by atoms with E-state index in [1.807, 2.05) is 20.8 Å². The number of rotatable bonds is 3. The SMILES string of the molecule is CC(C)(C)[S@@](=O)N=Cc1cc[n+](-c2ccc(C(F)(F)F)nc2)[nH]1. The monoisotopic (exact) mass is 345 g/mol. The van der Waals surface area contributed by atoms with Crippen molar-refractivity contribution in [3.05, 3.63) is 42.0 Å². The summed E-state index contributed by atoms with van der Waals surface area (Å²) in [6, 6.07) is 3.88. The maximum Gasteiger partial charge on any atom is 0.433 e. The molecule has 0 amide bonds. The van der Waals surface area contributed by atoms with Gasteiger partial charge in [0.15, 0.2) is 0 Å². The van der Waals surface area contributed by atoms with E-state index in [1.165, 1.54) is 17.0 Å². The first-order valence-corrected chi connectivity index (χ1v) is 7.78. The van der Waals surface area contributed by atoms with E-state index < -0.39 is 27.6 Å². The number of hydrogen-bond acceptors (Lipinski definition) is 2. The average Bonchev–Trinajstić information content (AvgIpc) is 2.91. The van der Waals surface area contributed by atoms with Crippen LogP contribution < -0.4 is 4.68 Å². The summed E-state index contributed by atoms with van der Waals surface area (Å²) in [6.07, 6.45) is -0.303. The lowest BCUT2D eigenvalue weighted by molar-refractivity contribution is -0.655. The predicted molar refractivity (Wildman–Crippen MR) is 80.6 cm³/mol. The van der Waals surface area contributed by atoms with Crippen LogP contribution in [0.4, 0.5) is 13.2 Å². The molecule has 5 nitrogen and oxygen atoms in total. The number of hydrogen-bond donors (Lipinski definition) is 1. The van der Waals surface area contributed by atoms with Crippen LogP contribution in [0.1, 0.15) is 32.2 Å². The molecule has 1 atom stereocenters. The number of aromatic nitrogens is 3. The summed E-state index contributed by atoms with van der Waals surface area (Å²) in [5.74, 6) is 0. The Bertz CT molecular complexity index is 730. The molecule has 2 heterocycles. The van der Waals surface area contributed by atoms with E-state index in [0.717, 1.165) is 12.3 Å². The summed E-state index contributed by atoms with van der Waals surface area (Å²) in [5, 5.41) is 2.91. The lowest BCUT2D eigenvalue weighted by Gasteiger charge is -2.12. The summed E-state index contributed by atoms with van der Waals surface area (Å²) in [5.41, 5.74) is 0.0628. The predicted octanol–water partition coefficient (Wildman–Crippen LogP) is 2.59. The number of alkyl halides is 3. The molecule has 1 N–H and O–H groups in total. The van der Waals surface area contributed by atoms with E-state index >= 15 is 0 Å². The van der Waals surface area contributed by atoms with Crippen LogP contribution >= 0.6 is 0 Å². The van der Waals surface area contributed by atoms with Crippen LogP contribution in [-0.2, 0) is 17.2 Å². The fourth-order valence-corrected chi connectivity index (χ4v) is 2.08. The normalized spacial score (nSPS) is 14.3. The number of pyridine rings is 1. The molecule has 124 valence electrons. The summed E-state index contributed by atoms with van der Waals surface area (Å²) in [4.78, 5) is 3.39. The Labute approximate surface area is 133 Å². The molecule has 0 aliphatic carbocycles. The number of nitrogens with zero attached hydrogens (tertiary/aromatic N) is 3. The highest BCUT2D eigenvalue weighted by atomic mass is 32.2. The van der Waals surface area contributed by atoms with Crippen molar-refractivity contribution in [3.63, 3.8) is 0 Å². The van der Waals surface area contributed by atoms with Crippen molar-refractivity contribution >= 4 is 17.2 Å². The van der Waals surface area contributed by atoms with Crippen LogP contribution in [0, 0.1) is 0 Å². The zero-order valence-electron chi connectivity index (χ0n) is 12.8. The Morgan fingerprint density at radius 2 is 1.96 bits per heavy atom. The first kappa shape index (κ1) is 17.3. The first-order valence-electron chi connectivity index (χ1n) is 6.68. The van der Waals surface area contributed by atoms with Gasteiger partial charge < -0.3 is 0 Å². The van der Waals surface area contributed by atoms with Crippen LogP contribution in [-0.4, -0.2) is 25.3 Å². The molecule has 0 unspecified atom stereocenters. The van der Waals surface area contributed by atoms with Crippen molar-refractivity contribution in [1.29, 1.82) is 0 Å². The number of nitrogens with one attached hydrogen (secondary N) is 1. The van der Waals surface area contributed by atoms with E-state index in [2.05, 4.69) is 14.5 Å². The molecule has 0 radical (unpaired) electrons. The van der Waals surface area contributed by atoms with Gasteiger partial charge in [-0.2, -0.15) is 22.7 Å². The molecule has 23 heavy (non-hydrogen) atoms. The van der Waals surface area contributed by atoms with Crippen molar-refractivity contribution in [2.45, 2.75) is 31.7 Å². The Balaban J connectivity index is 2.16. The highest BCUT2D eigenvalue weighted by Gasteiger charge is 2.32. The molecule has 0 aliphatic rings. The van der Waals surface area contributed by atoms with E-state index in [1.54, 1.807) is 12.3 Å². The molecule has 0 spiro atoms. The lowest BCUT2D eigenvalue weighted by Crippen LogP contribution is -2.32. The lowest BCUT2D eigenvalue weighted by atomic mass is 10.3. The molecule has 0 aromatic carbocycles. The van der Waals surface area contributed by atoms with E-state index in [9.17, 15) is 17.4 Å². The van der Waals surface area contributed by atoms with Gasteiger partial charge in [-0.25, -0.2) is 9.19 Å². The van der Waals surface area contributed by atoms with E-state index in [-0.39, 0.29) is 0 Å². The average molecular weight is 345 g/mol. The van der Waals surface area contributed by atoms with Crippen molar-refractivity contribution in [3.8, 4) is 5.69 Å². The van der Waals surface area contributed by atoms with Gasteiger partial charge in [-0.3, -0.25) is 0 Å². The molecule has 0 bridgehead atoms. The summed E-state index contributed by atoms with van der Waals surface area (Å²) in [7, 11) is -1.38. The zero-order chi connectivity index (χ0) is 17.3. The molecule has 9 heteroatoms. The van der Waals surface area contributed by atoms with Crippen molar-refractivity contribution in [2.75, 3.05) is 0 Å². The topological polar surface area (TPSA) is 62.0 Å². The third-order valence-electron chi connectivity index (χ3n) is 2.78. The molecule has 2 aromatic heterocycles. The van der Waals surface area contributed by atoms with Crippen LogP contribution in [0.15, 0.2) is 35.0 Å². The maximum atomic E-state index is 12.5. The Kier molecular flexibility index (Phi) is 4.69. The summed E-state index contributed by atoms with van der Waals surface area (Å²) >= 11 is 0. The van der Waals surface area contributed by atoms with Crippen molar-refractivity contribution < 1.29 is 22.1 Å². The first-order chi connectivity index (χ1) is 10.6. The summed E-state index contributed by atoms with van der Waals surface area (Å²) in [6.45, 7) is 5.43. The van der Waals surface area contributed by atoms with Crippen LogP contribution in [0.5, 0.6) is 0 Å². The number of halogens is 3. The highest BCUT2D eigenvalue weighted by molar-refractivity contribution is 7.85. The molecule has 0 fully saturated rings. The van der Waals surface area contributed by atoms with Crippen molar-refractivity contribution in [2.24, 2.45) is 4.40 Å². The third-order valence-corrected chi connectivity index (χ3v) is 4.13. The second-order valence-electron chi connectivity index (χ2n) is 5.75. The zero-order valence-corrected chi connectivity index (χ0v) is 13.6. The van der Waals surface area contributed by atoms with Gasteiger partial charge in [0.1, 0.15) is 28.6 Å². The van der Waals surface area contributed by atoms with Gasteiger partial charge in [-0.15, -0.1) is 0 Å². The van der Waals surface area contributed by atoms with Gasteiger partial charge in [-0.1, -0.05) is 4.68 Å². The molecule has 2 rings (SSSR count). The minimum atomic E-state index is -4.46. The van der Waals surface area contributed by atoms with Gasteiger partial charge in [0, 0.05) is 12.1 Å². The maximum absolute atomic E-state index is 12.5. The van der Waals surface area contributed by atoms with Gasteiger partial charge in [-0.05, 0) is 26.8 Å². The number of aromatic amines is 1. The molecule has 0 aliphatic heterocycles. The fourth-order valence-electron chi connectivity index (χ4n) is 1.55. The van der Waals surface area contributed by atoms with Crippen LogP contribution in [0.2, 0.25) is 0 Å². The van der Waals surface area contributed by atoms with E-state index in [0.29, 0.717) is 11.4 Å². The van der Waals surface area contributed by atoms with Crippen LogP contribution in [0.25, 0.3) is 5.69 Å². The second-order valence-corrected chi connectivity index (χ2v) is 7.68. The van der Waals surface area contributed by atoms with Gasteiger partial charge >= 0.3 is 6.18 Å². The minimum Gasteiger partial charge on any atom is -0.245 e.